The number of hydrogen-bond donors (Lipinski definition) is 1. The monoisotopic (exact) mass is 282 g/mol. The van der Waals surface area contributed by atoms with Crippen LogP contribution < -0.4 is 5.32 Å². The molecule has 1 fully saturated rings. The molecule has 1 aliphatic rings. The van der Waals surface area contributed by atoms with Crippen molar-refractivity contribution in [2.24, 2.45) is 0 Å². The van der Waals surface area contributed by atoms with Crippen molar-refractivity contribution in [2.45, 2.75) is 38.8 Å². The Hall–Kier alpha value is -1.38. The van der Waals surface area contributed by atoms with Crippen molar-refractivity contribution >= 4 is 10.8 Å². The molecule has 0 spiro atoms. The topological polar surface area (TPSA) is 15.3 Å². The molecule has 3 rings (SSSR count). The van der Waals surface area contributed by atoms with E-state index in [1.807, 2.05) is 0 Å². The molecule has 1 aliphatic heterocycles. The molecule has 2 heteroatoms. The van der Waals surface area contributed by atoms with Gasteiger partial charge in [-0.2, -0.15) is 0 Å². The van der Waals surface area contributed by atoms with Crippen LogP contribution in [0.1, 0.15) is 38.3 Å². The van der Waals surface area contributed by atoms with E-state index in [1.54, 1.807) is 0 Å². The normalized spacial score (nSPS) is 20.2. The van der Waals surface area contributed by atoms with Crippen LogP contribution in [0.3, 0.4) is 0 Å². The molecule has 0 amide bonds. The third kappa shape index (κ3) is 3.28. The summed E-state index contributed by atoms with van der Waals surface area (Å²) in [5, 5.41) is 6.29. The number of rotatable bonds is 5. The third-order valence-corrected chi connectivity index (χ3v) is 4.83. The first-order chi connectivity index (χ1) is 10.3. The van der Waals surface area contributed by atoms with Gasteiger partial charge in [-0.15, -0.1) is 0 Å². The lowest BCUT2D eigenvalue weighted by atomic mass is 10.0. The predicted molar refractivity (Wildman–Crippen MR) is 90.6 cm³/mol. The number of nitrogens with zero attached hydrogens (tertiary/aromatic N) is 1. The van der Waals surface area contributed by atoms with Crippen molar-refractivity contribution < 1.29 is 0 Å². The Bertz CT molecular complexity index is 587. The Kier molecular flexibility index (Phi) is 4.57. The predicted octanol–water partition coefficient (Wildman–Crippen LogP) is 3.97. The van der Waals surface area contributed by atoms with Gasteiger partial charge >= 0.3 is 0 Å². The van der Waals surface area contributed by atoms with Gasteiger partial charge in [-0.05, 0) is 55.3 Å². The van der Waals surface area contributed by atoms with Gasteiger partial charge in [0.2, 0.25) is 0 Å². The molecule has 21 heavy (non-hydrogen) atoms. The standard InChI is InChI=1S/C19H26N2/c1-3-21(14-19-9-6-12-20-19)15(2)17-11-10-16-7-4-5-8-18(16)13-17/h4-5,7-8,10-11,13,15,19-20H,3,6,9,12,14H2,1-2H3. The quantitative estimate of drug-likeness (QED) is 0.892. The molecule has 1 heterocycles. The van der Waals surface area contributed by atoms with Crippen molar-refractivity contribution in [3.05, 3.63) is 48.0 Å². The summed E-state index contributed by atoms with van der Waals surface area (Å²) in [6.07, 6.45) is 2.65. The molecule has 0 aromatic heterocycles. The first kappa shape index (κ1) is 14.6. The SMILES string of the molecule is CCN(CC1CCCN1)C(C)c1ccc2ccccc2c1. The van der Waals surface area contributed by atoms with Crippen molar-refractivity contribution in [3.8, 4) is 0 Å². The van der Waals surface area contributed by atoms with Crippen molar-refractivity contribution in [3.63, 3.8) is 0 Å². The van der Waals surface area contributed by atoms with Crippen LogP contribution in [-0.4, -0.2) is 30.6 Å². The Morgan fingerprint density at radius 3 is 2.71 bits per heavy atom. The molecule has 0 radical (unpaired) electrons. The molecule has 2 aromatic rings. The second-order valence-electron chi connectivity index (χ2n) is 6.16. The van der Waals surface area contributed by atoms with Gasteiger partial charge < -0.3 is 5.32 Å². The zero-order chi connectivity index (χ0) is 14.7. The molecule has 0 saturated carbocycles. The summed E-state index contributed by atoms with van der Waals surface area (Å²) in [6, 6.07) is 16.7. The van der Waals surface area contributed by atoms with E-state index < -0.39 is 0 Å². The average Bonchev–Trinajstić information content (AvgIpc) is 3.04. The van der Waals surface area contributed by atoms with E-state index in [-0.39, 0.29) is 0 Å². The molecular weight excluding hydrogens is 256 g/mol. The van der Waals surface area contributed by atoms with E-state index in [0.717, 1.165) is 13.1 Å². The Morgan fingerprint density at radius 1 is 1.19 bits per heavy atom. The van der Waals surface area contributed by atoms with Gasteiger partial charge in [-0.25, -0.2) is 0 Å². The van der Waals surface area contributed by atoms with Crippen LogP contribution in [0.25, 0.3) is 10.8 Å². The van der Waals surface area contributed by atoms with Gasteiger partial charge in [0.15, 0.2) is 0 Å². The van der Waals surface area contributed by atoms with Gasteiger partial charge in [0.1, 0.15) is 0 Å². The van der Waals surface area contributed by atoms with Gasteiger partial charge in [0, 0.05) is 18.6 Å². The maximum atomic E-state index is 3.62. The fourth-order valence-corrected chi connectivity index (χ4v) is 3.44. The Balaban J connectivity index is 1.78. The fraction of sp³-hybridized carbons (Fsp3) is 0.474. The summed E-state index contributed by atoms with van der Waals surface area (Å²) in [4.78, 5) is 2.59. The van der Waals surface area contributed by atoms with Crippen molar-refractivity contribution in [1.82, 2.24) is 10.2 Å². The second-order valence-corrected chi connectivity index (χ2v) is 6.16. The highest BCUT2D eigenvalue weighted by Crippen LogP contribution is 2.25. The van der Waals surface area contributed by atoms with Crippen molar-refractivity contribution in [2.75, 3.05) is 19.6 Å². The molecule has 2 unspecified atom stereocenters. The highest BCUT2D eigenvalue weighted by atomic mass is 15.2. The van der Waals surface area contributed by atoms with E-state index in [4.69, 9.17) is 0 Å². The molecule has 2 atom stereocenters. The molecule has 1 saturated heterocycles. The highest BCUT2D eigenvalue weighted by Gasteiger charge is 2.21. The van der Waals surface area contributed by atoms with E-state index in [1.165, 1.54) is 35.7 Å². The van der Waals surface area contributed by atoms with Crippen LogP contribution >= 0.6 is 0 Å². The van der Waals surface area contributed by atoms with Crippen molar-refractivity contribution in [1.29, 1.82) is 0 Å². The fourth-order valence-electron chi connectivity index (χ4n) is 3.44. The summed E-state index contributed by atoms with van der Waals surface area (Å²) in [5.74, 6) is 0. The smallest absolute Gasteiger partial charge is 0.0320 e. The summed E-state index contributed by atoms with van der Waals surface area (Å²) in [6.45, 7) is 8.05. The Labute approximate surface area is 128 Å². The summed E-state index contributed by atoms with van der Waals surface area (Å²) < 4.78 is 0. The summed E-state index contributed by atoms with van der Waals surface area (Å²) >= 11 is 0. The summed E-state index contributed by atoms with van der Waals surface area (Å²) in [5.41, 5.74) is 1.42. The van der Waals surface area contributed by atoms with Crippen LogP contribution in [0.5, 0.6) is 0 Å². The number of likely N-dealkylation sites (N-methyl/N-ethyl adjacent to an activating group) is 1. The van der Waals surface area contributed by atoms with Crippen LogP contribution in [0.2, 0.25) is 0 Å². The maximum Gasteiger partial charge on any atom is 0.0320 e. The van der Waals surface area contributed by atoms with Crippen LogP contribution in [0.15, 0.2) is 42.5 Å². The van der Waals surface area contributed by atoms with E-state index >= 15 is 0 Å². The molecule has 1 N–H and O–H groups in total. The molecule has 112 valence electrons. The van der Waals surface area contributed by atoms with Gasteiger partial charge in [-0.3, -0.25) is 4.90 Å². The molecule has 0 bridgehead atoms. The number of fused-ring (bicyclic) bond motifs is 1. The zero-order valence-corrected chi connectivity index (χ0v) is 13.2. The third-order valence-electron chi connectivity index (χ3n) is 4.83. The van der Waals surface area contributed by atoms with Crippen LogP contribution in [-0.2, 0) is 0 Å². The maximum absolute atomic E-state index is 3.62. The first-order valence-electron chi connectivity index (χ1n) is 8.24. The van der Waals surface area contributed by atoms with E-state index in [2.05, 4.69) is 66.5 Å². The summed E-state index contributed by atoms with van der Waals surface area (Å²) in [7, 11) is 0. The lowest BCUT2D eigenvalue weighted by Crippen LogP contribution is -2.38. The highest BCUT2D eigenvalue weighted by molar-refractivity contribution is 5.83. The average molecular weight is 282 g/mol. The number of benzene rings is 2. The minimum atomic E-state index is 0.474. The number of hydrogen-bond acceptors (Lipinski definition) is 2. The molecule has 2 aromatic carbocycles. The molecule has 0 aliphatic carbocycles. The zero-order valence-electron chi connectivity index (χ0n) is 13.2. The van der Waals surface area contributed by atoms with Gasteiger partial charge in [0.05, 0.1) is 0 Å². The second kappa shape index (κ2) is 6.59. The number of nitrogens with one attached hydrogen (secondary N) is 1. The lowest BCUT2D eigenvalue weighted by molar-refractivity contribution is 0.202. The van der Waals surface area contributed by atoms with Gasteiger partial charge in [-0.1, -0.05) is 43.3 Å². The van der Waals surface area contributed by atoms with E-state index in [9.17, 15) is 0 Å². The van der Waals surface area contributed by atoms with Gasteiger partial charge in [0.25, 0.3) is 0 Å². The molecular formula is C19H26N2. The van der Waals surface area contributed by atoms with Crippen LogP contribution in [0, 0.1) is 0 Å². The molecule has 2 nitrogen and oxygen atoms in total. The van der Waals surface area contributed by atoms with E-state index in [0.29, 0.717) is 12.1 Å². The largest absolute Gasteiger partial charge is 0.313 e. The van der Waals surface area contributed by atoms with Crippen LogP contribution in [0.4, 0.5) is 0 Å². The minimum absolute atomic E-state index is 0.474. The minimum Gasteiger partial charge on any atom is -0.313 e. The Morgan fingerprint density at radius 2 is 2.00 bits per heavy atom. The first-order valence-corrected chi connectivity index (χ1v) is 8.24. The lowest BCUT2D eigenvalue weighted by Gasteiger charge is -2.30.